The number of unbranched alkanes of at least 4 members (excludes halogenated alkanes) is 1. The zero-order valence-corrected chi connectivity index (χ0v) is 18.1. The van der Waals surface area contributed by atoms with Crippen molar-refractivity contribution in [3.8, 4) is 5.88 Å². The van der Waals surface area contributed by atoms with Gasteiger partial charge in [-0.2, -0.15) is 0 Å². The van der Waals surface area contributed by atoms with E-state index < -0.39 is 23.3 Å². The highest BCUT2D eigenvalue weighted by atomic mass is 32.2. The summed E-state index contributed by atoms with van der Waals surface area (Å²) in [6, 6.07) is 3.94. The lowest BCUT2D eigenvalue weighted by Gasteiger charge is -2.15. The third-order valence-electron chi connectivity index (χ3n) is 4.47. The van der Waals surface area contributed by atoms with Crippen LogP contribution in [0.25, 0.3) is 0 Å². The molecule has 0 aliphatic carbocycles. The molecule has 0 saturated carbocycles. The third kappa shape index (κ3) is 5.50. The summed E-state index contributed by atoms with van der Waals surface area (Å²) in [5.41, 5.74) is 4.05. The fourth-order valence-corrected chi connectivity index (χ4v) is 3.35. The van der Waals surface area contributed by atoms with Gasteiger partial charge in [0, 0.05) is 17.0 Å². The van der Waals surface area contributed by atoms with Gasteiger partial charge in [-0.05, 0) is 31.0 Å². The fraction of sp³-hybridized carbons (Fsp3) is 0.316. The van der Waals surface area contributed by atoms with E-state index in [-0.39, 0.29) is 45.9 Å². The Morgan fingerprint density at radius 3 is 2.53 bits per heavy atom. The lowest BCUT2D eigenvalue weighted by Crippen LogP contribution is -2.26. The summed E-state index contributed by atoms with van der Waals surface area (Å²) in [7, 11) is 0. The Morgan fingerprint density at radius 1 is 1.25 bits per heavy atom. The van der Waals surface area contributed by atoms with Gasteiger partial charge in [0.15, 0.2) is 5.69 Å². The maximum Gasteiger partial charge on any atom is 0.338 e. The molecule has 0 fully saturated rings. The average molecular weight is 466 g/mol. The van der Waals surface area contributed by atoms with Crippen LogP contribution in [0.3, 0.4) is 0 Å². The van der Waals surface area contributed by atoms with Gasteiger partial charge in [-0.15, -0.1) is 14.6 Å². The first-order chi connectivity index (χ1) is 15.3. The van der Waals surface area contributed by atoms with E-state index in [2.05, 4.69) is 19.6 Å². The number of benzene rings is 1. The molecule has 13 heteroatoms. The van der Waals surface area contributed by atoms with Crippen LogP contribution in [-0.2, 0) is 22.3 Å². The monoisotopic (exact) mass is 466 g/mol. The fourth-order valence-electron chi connectivity index (χ4n) is 2.96. The number of hydrogen-bond donors (Lipinski definition) is 4. The molecule has 2 aromatic rings. The molecule has 1 amide bonds. The number of azo groups is 1. The van der Waals surface area contributed by atoms with E-state index >= 15 is 0 Å². The molecule has 12 nitrogen and oxygen atoms in total. The first kappa shape index (κ1) is 25.0. The molecule has 5 N–H and O–H groups in total. The van der Waals surface area contributed by atoms with E-state index in [1.165, 1.54) is 18.2 Å². The quantitative estimate of drug-likeness (QED) is 0.166. The van der Waals surface area contributed by atoms with Gasteiger partial charge < -0.3 is 15.9 Å². The van der Waals surface area contributed by atoms with Crippen LogP contribution in [-0.4, -0.2) is 31.9 Å². The second-order valence-corrected chi connectivity index (χ2v) is 7.24. The van der Waals surface area contributed by atoms with Crippen molar-refractivity contribution in [2.45, 2.75) is 44.6 Å². The van der Waals surface area contributed by atoms with Crippen LogP contribution in [0.2, 0.25) is 0 Å². The van der Waals surface area contributed by atoms with E-state index in [1.807, 2.05) is 6.92 Å². The Balaban J connectivity index is 2.65. The molecule has 0 aliphatic heterocycles. The minimum Gasteiger partial charge on any atom is -0.494 e. The zero-order chi connectivity index (χ0) is 23.8. The van der Waals surface area contributed by atoms with Crippen LogP contribution in [0.1, 0.15) is 53.0 Å². The number of amides is 1. The highest BCUT2D eigenvalue weighted by Crippen LogP contribution is 2.31. The summed E-state index contributed by atoms with van der Waals surface area (Å²) < 4.78 is 5.28. The zero-order valence-electron chi connectivity index (χ0n) is 17.3. The first-order valence-electron chi connectivity index (χ1n) is 9.48. The average Bonchev–Trinajstić information content (AvgIpc) is 2.76. The lowest BCUT2D eigenvalue weighted by molar-refractivity contribution is -0.432. The van der Waals surface area contributed by atoms with Crippen LogP contribution in [0, 0.1) is 0 Å². The summed E-state index contributed by atoms with van der Waals surface area (Å²) in [5, 5.41) is 39.5. The second-order valence-electron chi connectivity index (χ2n) is 6.46. The van der Waals surface area contributed by atoms with Gasteiger partial charge in [0.25, 0.3) is 11.5 Å². The number of nitrogens with two attached hydrogens (primary N) is 1. The number of aromatic hydroxyl groups is 1. The predicted molar refractivity (Wildman–Crippen MR) is 113 cm³/mol. The minimum absolute atomic E-state index is 0.0815. The van der Waals surface area contributed by atoms with Gasteiger partial charge in [-0.3, -0.25) is 14.2 Å². The largest absolute Gasteiger partial charge is 0.494 e. The molecule has 1 aromatic heterocycles. The molecular formula is C19H22N4O8S. The Kier molecular flexibility index (Phi) is 8.90. The van der Waals surface area contributed by atoms with Gasteiger partial charge >= 0.3 is 5.97 Å². The lowest BCUT2D eigenvalue weighted by atomic mass is 10.0. The summed E-state index contributed by atoms with van der Waals surface area (Å²) in [4.78, 5) is 36.9. The van der Waals surface area contributed by atoms with Crippen LogP contribution < -0.4 is 11.3 Å². The number of aromatic nitrogens is 1. The standard InChI is InChI=1S/C19H22N4O8S/c1-3-5-8-23-17(25)14(16(20)24)11(4-2)15(18(23)26)22-21-13-7-6-10(32-31-30-29)9-12(13)19(27)28/h6-7,9,25,29H,3-5,8H2,1-2H3,(H2,20,24)(H,27,28). The molecule has 2 rings (SSSR count). The van der Waals surface area contributed by atoms with Crippen molar-refractivity contribution >= 4 is 35.3 Å². The normalized spacial score (nSPS) is 11.2. The molecule has 1 heterocycles. The maximum absolute atomic E-state index is 13.0. The molecule has 172 valence electrons. The highest BCUT2D eigenvalue weighted by molar-refractivity contribution is 7.94. The third-order valence-corrected chi connectivity index (χ3v) is 5.04. The van der Waals surface area contributed by atoms with E-state index in [0.29, 0.717) is 18.5 Å². The topological polar surface area (TPSA) is 186 Å². The maximum atomic E-state index is 13.0. The molecule has 0 bridgehead atoms. The summed E-state index contributed by atoms with van der Waals surface area (Å²) >= 11 is 0.560. The van der Waals surface area contributed by atoms with Gasteiger partial charge in [0.1, 0.15) is 11.3 Å². The van der Waals surface area contributed by atoms with Crippen molar-refractivity contribution in [1.82, 2.24) is 4.57 Å². The van der Waals surface area contributed by atoms with Crippen molar-refractivity contribution < 1.29 is 34.4 Å². The molecule has 0 saturated heterocycles. The van der Waals surface area contributed by atoms with Gasteiger partial charge in [0.05, 0.1) is 17.6 Å². The van der Waals surface area contributed by atoms with Crippen molar-refractivity contribution in [1.29, 1.82) is 0 Å². The Labute approximate surface area is 186 Å². The molecular weight excluding hydrogens is 444 g/mol. The molecule has 1 aromatic carbocycles. The Hall–Kier alpha value is -3.26. The Bertz CT molecular complexity index is 1100. The number of carboxylic acid groups (broad SMARTS) is 1. The SMILES string of the molecule is CCCCn1c(O)c(C(N)=O)c(CC)c(N=Nc2ccc(SOOO)cc2C(=O)O)c1=O. The van der Waals surface area contributed by atoms with Crippen molar-refractivity contribution in [3.05, 3.63) is 45.2 Å². The number of carbonyl (C=O) groups is 2. The summed E-state index contributed by atoms with van der Waals surface area (Å²) in [6.07, 6.45) is 1.42. The number of primary amides is 1. The van der Waals surface area contributed by atoms with E-state index in [0.717, 1.165) is 11.0 Å². The minimum atomic E-state index is -1.33. The van der Waals surface area contributed by atoms with Gasteiger partial charge in [0.2, 0.25) is 5.88 Å². The number of nitrogens with zero attached hydrogens (tertiary/aromatic N) is 3. The molecule has 0 atom stereocenters. The number of rotatable bonds is 11. The van der Waals surface area contributed by atoms with E-state index in [9.17, 15) is 24.6 Å². The van der Waals surface area contributed by atoms with Crippen LogP contribution in [0.4, 0.5) is 11.4 Å². The number of hydrogen-bond acceptors (Lipinski definition) is 10. The second kappa shape index (κ2) is 11.4. The number of carboxylic acids is 1. The van der Waals surface area contributed by atoms with Gasteiger partial charge in [-0.1, -0.05) is 25.3 Å². The van der Waals surface area contributed by atoms with Crippen molar-refractivity contribution in [2.75, 3.05) is 0 Å². The summed E-state index contributed by atoms with van der Waals surface area (Å²) in [6.45, 7) is 3.67. The summed E-state index contributed by atoms with van der Waals surface area (Å²) in [5.74, 6) is -2.80. The number of pyridine rings is 1. The number of aromatic carboxylic acids is 1. The van der Waals surface area contributed by atoms with Crippen LogP contribution in [0.5, 0.6) is 5.88 Å². The van der Waals surface area contributed by atoms with Gasteiger partial charge in [-0.25, -0.2) is 10.1 Å². The van der Waals surface area contributed by atoms with E-state index in [4.69, 9.17) is 11.0 Å². The van der Waals surface area contributed by atoms with Crippen molar-refractivity contribution in [2.24, 2.45) is 16.0 Å². The first-order valence-corrected chi connectivity index (χ1v) is 10.2. The smallest absolute Gasteiger partial charge is 0.338 e. The molecule has 0 unspecified atom stereocenters. The van der Waals surface area contributed by atoms with Crippen LogP contribution in [0.15, 0.2) is 38.1 Å². The van der Waals surface area contributed by atoms with Crippen LogP contribution >= 0.6 is 12.0 Å². The highest BCUT2D eigenvalue weighted by Gasteiger charge is 2.24. The molecule has 0 spiro atoms. The number of carbonyl (C=O) groups excluding carboxylic acids is 1. The molecule has 32 heavy (non-hydrogen) atoms. The Morgan fingerprint density at radius 2 is 1.97 bits per heavy atom. The molecule has 0 radical (unpaired) electrons. The van der Waals surface area contributed by atoms with Crippen molar-refractivity contribution in [3.63, 3.8) is 0 Å². The predicted octanol–water partition coefficient (Wildman–Crippen LogP) is 3.56. The molecule has 0 aliphatic rings. The van der Waals surface area contributed by atoms with E-state index in [1.54, 1.807) is 6.92 Å².